The lowest BCUT2D eigenvalue weighted by atomic mass is 10.1. The van der Waals surface area contributed by atoms with E-state index in [1.807, 2.05) is 19.1 Å². The molecule has 2 saturated heterocycles. The molecule has 4 heterocycles. The Kier molecular flexibility index (Phi) is 7.86. The quantitative estimate of drug-likeness (QED) is 0.278. The van der Waals surface area contributed by atoms with Gasteiger partial charge in [-0.2, -0.15) is 0 Å². The Bertz CT molecular complexity index is 1140. The molecule has 0 radical (unpaired) electrons. The number of aromatic nitrogens is 2. The highest BCUT2D eigenvalue weighted by Crippen LogP contribution is 2.34. The average molecular weight is 485 g/mol. The number of nitrogens with zero attached hydrogens (tertiary/aromatic N) is 4. The van der Waals surface area contributed by atoms with Gasteiger partial charge in [0.2, 0.25) is 0 Å². The van der Waals surface area contributed by atoms with Gasteiger partial charge in [0.1, 0.15) is 15.8 Å². The summed E-state index contributed by atoms with van der Waals surface area (Å²) >= 11 is 6.81. The van der Waals surface area contributed by atoms with E-state index in [-0.39, 0.29) is 11.5 Å². The summed E-state index contributed by atoms with van der Waals surface area (Å²) in [5.74, 6) is 0.571. The van der Waals surface area contributed by atoms with Crippen molar-refractivity contribution >= 4 is 51.7 Å². The molecule has 2 aromatic rings. The molecule has 6 nitrogen and oxygen atoms in total. The molecule has 2 aromatic heterocycles. The van der Waals surface area contributed by atoms with Crippen LogP contribution in [0.25, 0.3) is 11.7 Å². The minimum Gasteiger partial charge on any atom is -0.356 e. The van der Waals surface area contributed by atoms with E-state index in [9.17, 15) is 9.59 Å². The third-order valence-corrected chi connectivity index (χ3v) is 7.65. The van der Waals surface area contributed by atoms with Crippen molar-refractivity contribution in [3.05, 3.63) is 44.7 Å². The maximum absolute atomic E-state index is 13.5. The largest absolute Gasteiger partial charge is 0.356 e. The minimum atomic E-state index is -0.146. The van der Waals surface area contributed by atoms with Crippen LogP contribution in [0, 0.1) is 6.92 Å². The highest BCUT2D eigenvalue weighted by molar-refractivity contribution is 8.26. The van der Waals surface area contributed by atoms with Crippen LogP contribution >= 0.6 is 24.0 Å². The van der Waals surface area contributed by atoms with Gasteiger partial charge in [-0.15, -0.1) is 0 Å². The molecule has 176 valence electrons. The number of anilines is 1. The molecule has 0 spiro atoms. The Morgan fingerprint density at radius 2 is 1.82 bits per heavy atom. The van der Waals surface area contributed by atoms with Gasteiger partial charge in [0.25, 0.3) is 11.5 Å². The van der Waals surface area contributed by atoms with E-state index >= 15 is 0 Å². The first-order valence-electron chi connectivity index (χ1n) is 12.0. The zero-order valence-electron chi connectivity index (χ0n) is 19.5. The van der Waals surface area contributed by atoms with Crippen LogP contribution in [0.2, 0.25) is 0 Å². The number of amides is 1. The molecule has 2 fully saturated rings. The zero-order chi connectivity index (χ0) is 23.4. The summed E-state index contributed by atoms with van der Waals surface area (Å²) in [5.41, 5.74) is 1.93. The lowest BCUT2D eigenvalue weighted by Crippen LogP contribution is -2.29. The van der Waals surface area contributed by atoms with E-state index in [0.717, 1.165) is 44.3 Å². The van der Waals surface area contributed by atoms with Crippen LogP contribution in [0.4, 0.5) is 5.82 Å². The highest BCUT2D eigenvalue weighted by atomic mass is 32.2. The second kappa shape index (κ2) is 10.8. The van der Waals surface area contributed by atoms with Gasteiger partial charge >= 0.3 is 0 Å². The maximum atomic E-state index is 13.5. The van der Waals surface area contributed by atoms with Crippen molar-refractivity contribution in [1.29, 1.82) is 0 Å². The number of carbonyl (C=O) groups excluding carboxylic acids is 1. The van der Waals surface area contributed by atoms with Gasteiger partial charge in [0.05, 0.1) is 10.5 Å². The minimum absolute atomic E-state index is 0.0975. The molecule has 8 heteroatoms. The fourth-order valence-corrected chi connectivity index (χ4v) is 5.71. The van der Waals surface area contributed by atoms with Gasteiger partial charge in [-0.3, -0.25) is 18.9 Å². The van der Waals surface area contributed by atoms with E-state index in [0.29, 0.717) is 32.8 Å². The second-order valence-corrected chi connectivity index (χ2v) is 10.6. The first kappa shape index (κ1) is 24.0. The number of pyridine rings is 1. The van der Waals surface area contributed by atoms with Gasteiger partial charge in [0, 0.05) is 25.8 Å². The van der Waals surface area contributed by atoms with Crippen molar-refractivity contribution in [2.45, 2.75) is 65.2 Å². The number of rotatable bonds is 9. The van der Waals surface area contributed by atoms with Gasteiger partial charge in [-0.1, -0.05) is 69.1 Å². The van der Waals surface area contributed by atoms with Crippen molar-refractivity contribution < 1.29 is 4.79 Å². The van der Waals surface area contributed by atoms with Crippen molar-refractivity contribution in [1.82, 2.24) is 14.3 Å². The molecule has 0 atom stereocenters. The molecule has 2 aliphatic heterocycles. The number of thiocarbonyl (C=S) groups is 1. The lowest BCUT2D eigenvalue weighted by molar-refractivity contribution is -0.122. The Morgan fingerprint density at radius 1 is 1.09 bits per heavy atom. The molecule has 0 aliphatic carbocycles. The van der Waals surface area contributed by atoms with E-state index < -0.39 is 0 Å². The summed E-state index contributed by atoms with van der Waals surface area (Å²) in [4.78, 5) is 35.8. The first-order valence-corrected chi connectivity index (χ1v) is 13.3. The normalized spacial score (nSPS) is 17.8. The third-order valence-electron chi connectivity index (χ3n) is 6.28. The standard InChI is InChI=1S/C25H32N4O2S2/c1-3-4-5-6-7-8-15-28-24(31)20(33-25(28)32)16-19-22(27-13-9-10-14-27)26-21-12-11-18(2)17-29(21)23(19)30/h11-12,16-17H,3-10,13-15H2,1-2H3. The maximum Gasteiger partial charge on any atom is 0.267 e. The van der Waals surface area contributed by atoms with Crippen LogP contribution in [-0.2, 0) is 4.79 Å². The van der Waals surface area contributed by atoms with Crippen LogP contribution in [0.3, 0.4) is 0 Å². The van der Waals surface area contributed by atoms with E-state index in [1.54, 1.807) is 21.6 Å². The van der Waals surface area contributed by atoms with Crippen LogP contribution in [0.1, 0.15) is 69.4 Å². The molecule has 4 rings (SSSR count). The second-order valence-electron chi connectivity index (χ2n) is 8.88. The van der Waals surface area contributed by atoms with Crippen LogP contribution in [0.5, 0.6) is 0 Å². The summed E-state index contributed by atoms with van der Waals surface area (Å²) < 4.78 is 2.16. The molecular formula is C25H32N4O2S2. The predicted molar refractivity (Wildman–Crippen MR) is 141 cm³/mol. The lowest BCUT2D eigenvalue weighted by Gasteiger charge is -2.19. The number of carbonyl (C=O) groups is 1. The third kappa shape index (κ3) is 5.32. The van der Waals surface area contributed by atoms with Gasteiger partial charge in [-0.25, -0.2) is 4.98 Å². The predicted octanol–water partition coefficient (Wildman–Crippen LogP) is 5.16. The molecule has 0 aromatic carbocycles. The molecule has 0 unspecified atom stereocenters. The van der Waals surface area contributed by atoms with Crippen LogP contribution in [-0.4, -0.2) is 44.1 Å². The number of hydrogen-bond acceptors (Lipinski definition) is 6. The van der Waals surface area contributed by atoms with Crippen molar-refractivity contribution in [2.75, 3.05) is 24.5 Å². The average Bonchev–Trinajstić information content (AvgIpc) is 3.42. The van der Waals surface area contributed by atoms with E-state index in [1.165, 1.54) is 37.4 Å². The number of unbranched alkanes of at least 4 members (excludes halogenated alkanes) is 5. The Hall–Kier alpha value is -2.19. The fraction of sp³-hybridized carbons (Fsp3) is 0.520. The Morgan fingerprint density at radius 3 is 2.58 bits per heavy atom. The van der Waals surface area contributed by atoms with Crippen molar-refractivity contribution in [3.8, 4) is 0 Å². The molecule has 0 saturated carbocycles. The van der Waals surface area contributed by atoms with E-state index in [4.69, 9.17) is 17.2 Å². The number of thioether (sulfide) groups is 1. The smallest absolute Gasteiger partial charge is 0.267 e. The first-order chi connectivity index (χ1) is 16.0. The molecule has 2 aliphatic rings. The summed E-state index contributed by atoms with van der Waals surface area (Å²) in [5, 5.41) is 0. The summed E-state index contributed by atoms with van der Waals surface area (Å²) in [7, 11) is 0. The SMILES string of the molecule is CCCCCCCCN1C(=O)C(=Cc2c(N3CCCC3)nc3ccc(C)cn3c2=O)SC1=S. The van der Waals surface area contributed by atoms with Crippen molar-refractivity contribution in [3.63, 3.8) is 0 Å². The monoisotopic (exact) mass is 484 g/mol. The number of fused-ring (bicyclic) bond motifs is 1. The van der Waals surface area contributed by atoms with Crippen molar-refractivity contribution in [2.24, 2.45) is 0 Å². The molecular weight excluding hydrogens is 452 g/mol. The summed E-state index contributed by atoms with van der Waals surface area (Å²) in [6.45, 7) is 6.54. The molecule has 0 bridgehead atoms. The van der Waals surface area contributed by atoms with Gasteiger partial charge in [0.15, 0.2) is 0 Å². The van der Waals surface area contributed by atoms with E-state index in [2.05, 4.69) is 11.8 Å². The van der Waals surface area contributed by atoms with Crippen LogP contribution < -0.4 is 10.5 Å². The van der Waals surface area contributed by atoms with Gasteiger partial charge < -0.3 is 4.90 Å². The molecule has 0 N–H and O–H groups in total. The number of hydrogen-bond donors (Lipinski definition) is 0. The molecule has 1 amide bonds. The summed E-state index contributed by atoms with van der Waals surface area (Å²) in [6, 6.07) is 3.84. The van der Waals surface area contributed by atoms with Gasteiger partial charge in [-0.05, 0) is 43.9 Å². The number of aryl methyl sites for hydroxylation is 1. The Balaban J connectivity index is 1.61. The topological polar surface area (TPSA) is 57.9 Å². The highest BCUT2D eigenvalue weighted by Gasteiger charge is 2.32. The fourth-order valence-electron chi connectivity index (χ4n) is 4.42. The van der Waals surface area contributed by atoms with Crippen LogP contribution in [0.15, 0.2) is 28.0 Å². The molecule has 33 heavy (non-hydrogen) atoms. The summed E-state index contributed by atoms with van der Waals surface area (Å²) in [6.07, 6.45) is 12.6. The Labute approximate surface area is 205 Å². The zero-order valence-corrected chi connectivity index (χ0v) is 21.1.